The summed E-state index contributed by atoms with van der Waals surface area (Å²) in [5, 5.41) is 2.77. The highest BCUT2D eigenvalue weighted by molar-refractivity contribution is 5.89. The summed E-state index contributed by atoms with van der Waals surface area (Å²) in [6, 6.07) is 14.2. The molecule has 0 fully saturated rings. The highest BCUT2D eigenvalue weighted by Crippen LogP contribution is 2.43. The fourth-order valence-electron chi connectivity index (χ4n) is 4.17. The van der Waals surface area contributed by atoms with Gasteiger partial charge in [-0.3, -0.25) is 9.79 Å². The lowest BCUT2D eigenvalue weighted by Crippen LogP contribution is -2.48. The number of rotatable bonds is 4. The van der Waals surface area contributed by atoms with Crippen LogP contribution in [-0.2, 0) is 4.79 Å². The first-order valence-electron chi connectivity index (χ1n) is 9.63. The number of aliphatic imine (C=N–C) groups is 1. The molecule has 0 aliphatic carbocycles. The van der Waals surface area contributed by atoms with Gasteiger partial charge in [0.15, 0.2) is 0 Å². The number of hydrogen-bond acceptors (Lipinski definition) is 3. The summed E-state index contributed by atoms with van der Waals surface area (Å²) < 4.78 is 0. The van der Waals surface area contributed by atoms with E-state index in [0.717, 1.165) is 29.9 Å². The van der Waals surface area contributed by atoms with E-state index in [9.17, 15) is 4.79 Å². The molecule has 142 valence electrons. The quantitative estimate of drug-likeness (QED) is 0.728. The maximum atomic E-state index is 11.1. The zero-order chi connectivity index (χ0) is 19.6. The predicted molar refractivity (Wildman–Crippen MR) is 115 cm³/mol. The van der Waals surface area contributed by atoms with E-state index in [1.807, 2.05) is 30.5 Å². The molecule has 0 bridgehead atoms. The van der Waals surface area contributed by atoms with Crippen LogP contribution in [0, 0.1) is 0 Å². The number of anilines is 2. The number of amides is 1. The second kappa shape index (κ2) is 7.55. The predicted octanol–water partition coefficient (Wildman–Crippen LogP) is 5.51. The molecule has 0 aromatic heterocycles. The average molecular weight is 364 g/mol. The normalized spacial score (nSPS) is 18.4. The molecule has 0 spiro atoms. The van der Waals surface area contributed by atoms with Crippen LogP contribution >= 0.6 is 0 Å². The third-order valence-corrected chi connectivity index (χ3v) is 5.28. The fourth-order valence-corrected chi connectivity index (χ4v) is 4.17. The first-order chi connectivity index (χ1) is 12.8. The Morgan fingerprint density at radius 3 is 2.59 bits per heavy atom. The zero-order valence-electron chi connectivity index (χ0n) is 16.9. The van der Waals surface area contributed by atoms with Crippen LogP contribution in [0.1, 0.15) is 58.1 Å². The molecule has 1 amide bonds. The van der Waals surface area contributed by atoms with Crippen molar-refractivity contribution in [1.82, 2.24) is 0 Å². The summed E-state index contributed by atoms with van der Waals surface area (Å²) in [6.07, 6.45) is 3.06. The standard InChI is InChI=1S/C23H29N3O/c1-6-26-22-12-7-18(13-21(22)16(2)14-23(26,4)5)15-24-19-8-10-20(11-9-19)25-17(3)27/h7-13,15-16H,6,14H2,1-5H3,(H,25,27)/t16-/m0/s1. The molecule has 3 rings (SSSR count). The minimum Gasteiger partial charge on any atom is -0.366 e. The smallest absolute Gasteiger partial charge is 0.221 e. The van der Waals surface area contributed by atoms with Crippen LogP contribution in [0.4, 0.5) is 17.1 Å². The molecule has 27 heavy (non-hydrogen) atoms. The van der Waals surface area contributed by atoms with Gasteiger partial charge < -0.3 is 10.2 Å². The van der Waals surface area contributed by atoms with Crippen molar-refractivity contribution in [3.63, 3.8) is 0 Å². The number of hydrogen-bond donors (Lipinski definition) is 1. The van der Waals surface area contributed by atoms with E-state index in [2.05, 4.69) is 61.1 Å². The summed E-state index contributed by atoms with van der Waals surface area (Å²) in [4.78, 5) is 18.2. The third kappa shape index (κ3) is 4.21. The molecule has 0 unspecified atom stereocenters. The Labute approximate surface area is 162 Å². The molecule has 0 saturated heterocycles. The van der Waals surface area contributed by atoms with E-state index in [4.69, 9.17) is 0 Å². The van der Waals surface area contributed by atoms with E-state index < -0.39 is 0 Å². The van der Waals surface area contributed by atoms with E-state index in [1.54, 1.807) is 0 Å². The topological polar surface area (TPSA) is 44.7 Å². The average Bonchev–Trinajstić information content (AvgIpc) is 2.60. The highest BCUT2D eigenvalue weighted by Gasteiger charge is 2.35. The van der Waals surface area contributed by atoms with Gasteiger partial charge in [0.2, 0.25) is 5.91 Å². The van der Waals surface area contributed by atoms with Crippen LogP contribution in [0.25, 0.3) is 0 Å². The van der Waals surface area contributed by atoms with Crippen molar-refractivity contribution in [2.75, 3.05) is 16.8 Å². The van der Waals surface area contributed by atoms with Crippen LogP contribution in [0.5, 0.6) is 0 Å². The summed E-state index contributed by atoms with van der Waals surface area (Å²) >= 11 is 0. The summed E-state index contributed by atoms with van der Waals surface area (Å²) in [5.41, 5.74) is 5.70. The second-order valence-corrected chi connectivity index (χ2v) is 7.97. The molecular formula is C23H29N3O. The first kappa shape index (κ1) is 19.2. The fraction of sp³-hybridized carbons (Fsp3) is 0.391. The summed E-state index contributed by atoms with van der Waals surface area (Å²) in [5.74, 6) is 0.460. The summed E-state index contributed by atoms with van der Waals surface area (Å²) in [6.45, 7) is 11.7. The Kier molecular flexibility index (Phi) is 5.36. The van der Waals surface area contributed by atoms with E-state index in [0.29, 0.717) is 5.92 Å². The number of carbonyl (C=O) groups excluding carboxylic acids is 1. The Balaban J connectivity index is 1.82. The van der Waals surface area contributed by atoms with Gasteiger partial charge in [0.25, 0.3) is 0 Å². The summed E-state index contributed by atoms with van der Waals surface area (Å²) in [7, 11) is 0. The van der Waals surface area contributed by atoms with Gasteiger partial charge in [-0.2, -0.15) is 0 Å². The van der Waals surface area contributed by atoms with Crippen molar-refractivity contribution in [3.8, 4) is 0 Å². The van der Waals surface area contributed by atoms with Crippen LogP contribution < -0.4 is 10.2 Å². The Morgan fingerprint density at radius 1 is 1.26 bits per heavy atom. The molecule has 1 aliphatic heterocycles. The number of benzene rings is 2. The molecule has 4 heteroatoms. The molecule has 1 atom stereocenters. The van der Waals surface area contributed by atoms with Gasteiger partial charge in [0, 0.05) is 36.6 Å². The minimum atomic E-state index is -0.0706. The van der Waals surface area contributed by atoms with Gasteiger partial charge in [-0.1, -0.05) is 13.0 Å². The van der Waals surface area contributed by atoms with Gasteiger partial charge in [0.05, 0.1) is 5.69 Å². The van der Waals surface area contributed by atoms with Gasteiger partial charge in [-0.15, -0.1) is 0 Å². The first-order valence-corrected chi connectivity index (χ1v) is 9.63. The lowest BCUT2D eigenvalue weighted by molar-refractivity contribution is -0.114. The largest absolute Gasteiger partial charge is 0.366 e. The monoisotopic (exact) mass is 363 g/mol. The van der Waals surface area contributed by atoms with Crippen molar-refractivity contribution in [2.45, 2.75) is 52.5 Å². The SMILES string of the molecule is CCN1c2ccc(C=Nc3ccc(NC(C)=O)cc3)cc2[C@@H](C)CC1(C)C. The van der Waals surface area contributed by atoms with Crippen molar-refractivity contribution < 1.29 is 4.79 Å². The van der Waals surface area contributed by atoms with E-state index in [-0.39, 0.29) is 11.4 Å². The number of nitrogens with zero attached hydrogens (tertiary/aromatic N) is 2. The molecule has 0 saturated carbocycles. The Hall–Kier alpha value is -2.62. The van der Waals surface area contributed by atoms with Crippen molar-refractivity contribution in [3.05, 3.63) is 53.6 Å². The van der Waals surface area contributed by atoms with E-state index in [1.165, 1.54) is 18.2 Å². The van der Waals surface area contributed by atoms with Crippen LogP contribution in [0.2, 0.25) is 0 Å². The van der Waals surface area contributed by atoms with Crippen LogP contribution in [0.15, 0.2) is 47.5 Å². The Morgan fingerprint density at radius 2 is 1.96 bits per heavy atom. The second-order valence-electron chi connectivity index (χ2n) is 7.97. The van der Waals surface area contributed by atoms with Gasteiger partial charge >= 0.3 is 0 Å². The highest BCUT2D eigenvalue weighted by atomic mass is 16.1. The van der Waals surface area contributed by atoms with Gasteiger partial charge in [-0.25, -0.2) is 0 Å². The zero-order valence-corrected chi connectivity index (χ0v) is 16.9. The van der Waals surface area contributed by atoms with Crippen molar-refractivity contribution in [2.24, 2.45) is 4.99 Å². The molecule has 0 radical (unpaired) electrons. The minimum absolute atomic E-state index is 0.0706. The molecule has 2 aromatic carbocycles. The molecule has 1 aliphatic rings. The van der Waals surface area contributed by atoms with Crippen LogP contribution in [0.3, 0.4) is 0 Å². The number of carbonyl (C=O) groups is 1. The molecule has 1 N–H and O–H groups in total. The Bertz CT molecular complexity index is 852. The molecule has 1 heterocycles. The van der Waals surface area contributed by atoms with Gasteiger partial charge in [0.1, 0.15) is 0 Å². The maximum absolute atomic E-state index is 11.1. The molecular weight excluding hydrogens is 334 g/mol. The molecule has 4 nitrogen and oxygen atoms in total. The number of nitrogens with one attached hydrogen (secondary N) is 1. The third-order valence-electron chi connectivity index (χ3n) is 5.28. The van der Waals surface area contributed by atoms with E-state index >= 15 is 0 Å². The maximum Gasteiger partial charge on any atom is 0.221 e. The number of fused-ring (bicyclic) bond motifs is 1. The van der Waals surface area contributed by atoms with Crippen molar-refractivity contribution >= 4 is 29.2 Å². The lowest BCUT2D eigenvalue weighted by Gasteiger charge is -2.47. The lowest BCUT2D eigenvalue weighted by atomic mass is 9.79. The van der Waals surface area contributed by atoms with Crippen LogP contribution in [-0.4, -0.2) is 24.2 Å². The van der Waals surface area contributed by atoms with Crippen molar-refractivity contribution in [1.29, 1.82) is 0 Å². The molecule has 2 aromatic rings. The van der Waals surface area contributed by atoms with Gasteiger partial charge in [-0.05, 0) is 80.6 Å².